The summed E-state index contributed by atoms with van der Waals surface area (Å²) in [4.78, 5) is 25.9. The highest BCUT2D eigenvalue weighted by Crippen LogP contribution is 2.24. The molecule has 0 unspecified atom stereocenters. The number of carbonyl (C=O) groups is 2. The summed E-state index contributed by atoms with van der Waals surface area (Å²) < 4.78 is 10.6. The number of amides is 1. The van der Waals surface area contributed by atoms with E-state index in [-0.39, 0.29) is 24.3 Å². The zero-order valence-electron chi connectivity index (χ0n) is 14.4. The number of anilines is 1. The highest BCUT2D eigenvalue weighted by molar-refractivity contribution is 5.82. The minimum absolute atomic E-state index is 0.0311. The third-order valence-electron chi connectivity index (χ3n) is 4.08. The predicted octanol–water partition coefficient (Wildman–Crippen LogP) is 2.30. The van der Waals surface area contributed by atoms with Crippen molar-refractivity contribution >= 4 is 17.6 Å². The molecule has 1 heterocycles. The number of nitrogens with zero attached hydrogens (tertiary/aromatic N) is 1. The predicted molar refractivity (Wildman–Crippen MR) is 92.0 cm³/mol. The van der Waals surface area contributed by atoms with Crippen molar-refractivity contribution < 1.29 is 19.1 Å². The number of rotatable bonds is 7. The van der Waals surface area contributed by atoms with Gasteiger partial charge in [0.05, 0.1) is 31.4 Å². The topological polar surface area (TPSA) is 67.9 Å². The third kappa shape index (κ3) is 4.88. The Morgan fingerprint density at radius 1 is 1.17 bits per heavy atom. The van der Waals surface area contributed by atoms with Gasteiger partial charge in [0.1, 0.15) is 5.75 Å². The second-order valence-electron chi connectivity index (χ2n) is 5.69. The first-order valence-corrected chi connectivity index (χ1v) is 8.55. The molecule has 0 bridgehead atoms. The van der Waals surface area contributed by atoms with Gasteiger partial charge in [-0.25, -0.2) is 0 Å². The first-order chi connectivity index (χ1) is 11.7. The number of esters is 1. The van der Waals surface area contributed by atoms with Crippen LogP contribution in [0, 0.1) is 5.92 Å². The normalized spacial score (nSPS) is 15.0. The van der Waals surface area contributed by atoms with Gasteiger partial charge in [-0.2, -0.15) is 0 Å². The quantitative estimate of drug-likeness (QED) is 0.775. The van der Waals surface area contributed by atoms with Crippen molar-refractivity contribution in [3.05, 3.63) is 24.3 Å². The Bertz CT molecular complexity index is 554. The maximum Gasteiger partial charge on any atom is 0.309 e. The lowest BCUT2D eigenvalue weighted by Gasteiger charge is -2.31. The van der Waals surface area contributed by atoms with Crippen LogP contribution in [0.2, 0.25) is 0 Å². The van der Waals surface area contributed by atoms with E-state index in [1.807, 2.05) is 38.1 Å². The molecule has 0 aliphatic carbocycles. The highest BCUT2D eigenvalue weighted by Gasteiger charge is 2.28. The van der Waals surface area contributed by atoms with E-state index in [0.29, 0.717) is 39.1 Å². The number of likely N-dealkylation sites (tertiary alicyclic amines) is 1. The summed E-state index contributed by atoms with van der Waals surface area (Å²) in [6, 6.07) is 7.57. The van der Waals surface area contributed by atoms with Gasteiger partial charge in [-0.1, -0.05) is 12.1 Å². The highest BCUT2D eigenvalue weighted by atomic mass is 16.5. The fourth-order valence-electron chi connectivity index (χ4n) is 2.80. The second-order valence-corrected chi connectivity index (χ2v) is 5.69. The molecule has 0 aromatic heterocycles. The largest absolute Gasteiger partial charge is 0.492 e. The van der Waals surface area contributed by atoms with Gasteiger partial charge >= 0.3 is 5.97 Å². The number of hydrogen-bond acceptors (Lipinski definition) is 5. The van der Waals surface area contributed by atoms with E-state index in [1.165, 1.54) is 0 Å². The monoisotopic (exact) mass is 334 g/mol. The average molecular weight is 334 g/mol. The Kier molecular flexibility index (Phi) is 6.90. The molecule has 1 N–H and O–H groups in total. The molecular formula is C18H26N2O4. The number of nitrogens with one attached hydrogen (secondary N) is 1. The van der Waals surface area contributed by atoms with Gasteiger partial charge in [0.15, 0.2) is 0 Å². The van der Waals surface area contributed by atoms with E-state index < -0.39 is 0 Å². The lowest BCUT2D eigenvalue weighted by molar-refractivity contribution is -0.151. The molecule has 6 heteroatoms. The molecule has 0 saturated carbocycles. The summed E-state index contributed by atoms with van der Waals surface area (Å²) in [6.45, 7) is 6.12. The number of piperidine rings is 1. The van der Waals surface area contributed by atoms with Crippen LogP contribution in [-0.2, 0) is 14.3 Å². The van der Waals surface area contributed by atoms with Crippen LogP contribution in [0.1, 0.15) is 26.7 Å². The van der Waals surface area contributed by atoms with Crippen LogP contribution in [0.5, 0.6) is 5.75 Å². The van der Waals surface area contributed by atoms with E-state index in [1.54, 1.807) is 4.90 Å². The van der Waals surface area contributed by atoms with Gasteiger partial charge in [0, 0.05) is 13.1 Å². The molecular weight excluding hydrogens is 308 g/mol. The summed E-state index contributed by atoms with van der Waals surface area (Å²) >= 11 is 0. The molecule has 6 nitrogen and oxygen atoms in total. The van der Waals surface area contributed by atoms with Crippen LogP contribution in [-0.4, -0.2) is 49.6 Å². The van der Waals surface area contributed by atoms with E-state index in [0.717, 1.165) is 11.4 Å². The molecule has 1 aliphatic heterocycles. The van der Waals surface area contributed by atoms with Crippen LogP contribution in [0.4, 0.5) is 5.69 Å². The molecule has 0 atom stereocenters. The Labute approximate surface area is 143 Å². The number of benzene rings is 1. The van der Waals surface area contributed by atoms with E-state index in [2.05, 4.69) is 5.32 Å². The van der Waals surface area contributed by atoms with Crippen molar-refractivity contribution in [2.24, 2.45) is 5.92 Å². The number of ether oxygens (including phenoxy) is 2. The molecule has 0 radical (unpaired) electrons. The van der Waals surface area contributed by atoms with Crippen LogP contribution >= 0.6 is 0 Å². The zero-order chi connectivity index (χ0) is 17.4. The summed E-state index contributed by atoms with van der Waals surface area (Å²) in [5.74, 6) is 0.548. The van der Waals surface area contributed by atoms with E-state index in [4.69, 9.17) is 9.47 Å². The first kappa shape index (κ1) is 18.1. The minimum atomic E-state index is -0.145. The number of hydrogen-bond donors (Lipinski definition) is 1. The maximum absolute atomic E-state index is 12.3. The summed E-state index contributed by atoms with van der Waals surface area (Å²) in [6.07, 6.45) is 1.33. The molecule has 1 fully saturated rings. The fraction of sp³-hybridized carbons (Fsp3) is 0.556. The van der Waals surface area contributed by atoms with Crippen LogP contribution < -0.4 is 10.1 Å². The van der Waals surface area contributed by atoms with Gasteiger partial charge in [-0.3, -0.25) is 9.59 Å². The molecule has 24 heavy (non-hydrogen) atoms. The Morgan fingerprint density at radius 3 is 2.54 bits per heavy atom. The molecule has 1 aromatic carbocycles. The third-order valence-corrected chi connectivity index (χ3v) is 4.08. The molecule has 1 aliphatic rings. The van der Waals surface area contributed by atoms with Crippen molar-refractivity contribution in [3.8, 4) is 5.75 Å². The smallest absolute Gasteiger partial charge is 0.309 e. The SMILES string of the molecule is CCOC(=O)C1CCN(C(=O)CNc2ccccc2OCC)CC1. The van der Waals surface area contributed by atoms with Gasteiger partial charge in [0.2, 0.25) is 5.91 Å². The van der Waals surface area contributed by atoms with Crippen LogP contribution in [0.15, 0.2) is 24.3 Å². The van der Waals surface area contributed by atoms with Gasteiger partial charge in [-0.15, -0.1) is 0 Å². The van der Waals surface area contributed by atoms with Crippen molar-refractivity contribution in [2.75, 3.05) is 38.2 Å². The van der Waals surface area contributed by atoms with Crippen LogP contribution in [0.25, 0.3) is 0 Å². The minimum Gasteiger partial charge on any atom is -0.492 e. The van der Waals surface area contributed by atoms with Crippen molar-refractivity contribution in [1.82, 2.24) is 4.90 Å². The van der Waals surface area contributed by atoms with E-state index >= 15 is 0 Å². The van der Waals surface area contributed by atoms with Crippen molar-refractivity contribution in [3.63, 3.8) is 0 Å². The summed E-state index contributed by atoms with van der Waals surface area (Å²) in [5.41, 5.74) is 0.814. The molecule has 1 amide bonds. The standard InChI is InChI=1S/C18H26N2O4/c1-3-23-16-8-6-5-7-15(16)19-13-17(21)20-11-9-14(10-12-20)18(22)24-4-2/h5-8,14,19H,3-4,9-13H2,1-2H3. The number of carbonyl (C=O) groups excluding carboxylic acids is 2. The Balaban J connectivity index is 1.81. The molecule has 2 rings (SSSR count). The average Bonchev–Trinajstić information content (AvgIpc) is 2.61. The summed E-state index contributed by atoms with van der Waals surface area (Å²) in [5, 5.41) is 3.14. The van der Waals surface area contributed by atoms with Gasteiger partial charge < -0.3 is 19.7 Å². The zero-order valence-corrected chi connectivity index (χ0v) is 14.4. The van der Waals surface area contributed by atoms with Crippen molar-refractivity contribution in [1.29, 1.82) is 0 Å². The van der Waals surface area contributed by atoms with Crippen molar-refractivity contribution in [2.45, 2.75) is 26.7 Å². The first-order valence-electron chi connectivity index (χ1n) is 8.55. The Hall–Kier alpha value is -2.24. The van der Waals surface area contributed by atoms with Gasteiger partial charge in [0.25, 0.3) is 0 Å². The summed E-state index contributed by atoms with van der Waals surface area (Å²) in [7, 11) is 0. The molecule has 1 saturated heterocycles. The van der Waals surface area contributed by atoms with Crippen LogP contribution in [0.3, 0.4) is 0 Å². The van der Waals surface area contributed by atoms with Gasteiger partial charge in [-0.05, 0) is 38.8 Å². The Morgan fingerprint density at radius 2 is 1.88 bits per heavy atom. The maximum atomic E-state index is 12.3. The fourth-order valence-corrected chi connectivity index (χ4v) is 2.80. The molecule has 1 aromatic rings. The lowest BCUT2D eigenvalue weighted by Crippen LogP contribution is -2.43. The van der Waals surface area contributed by atoms with E-state index in [9.17, 15) is 9.59 Å². The second kappa shape index (κ2) is 9.15. The lowest BCUT2D eigenvalue weighted by atomic mass is 9.97. The molecule has 0 spiro atoms. The molecule has 132 valence electrons. The number of para-hydroxylation sites is 2.